The minimum atomic E-state index is 0.488. The number of nitrogens with zero attached hydrogens (tertiary/aromatic N) is 1. The van der Waals surface area contributed by atoms with E-state index in [-0.39, 0.29) is 0 Å². The Morgan fingerprint density at radius 1 is 1.77 bits per heavy atom. The second kappa shape index (κ2) is 4.17. The van der Waals surface area contributed by atoms with Crippen LogP contribution in [0.1, 0.15) is 29.6 Å². The Hall–Kier alpha value is -0.450. The van der Waals surface area contributed by atoms with Crippen LogP contribution in [-0.2, 0) is 11.3 Å². The van der Waals surface area contributed by atoms with Crippen molar-refractivity contribution in [2.24, 2.45) is 0 Å². The minimum absolute atomic E-state index is 0.488. The quantitative estimate of drug-likeness (QED) is 0.803. The van der Waals surface area contributed by atoms with Crippen LogP contribution in [0.4, 0.5) is 0 Å². The van der Waals surface area contributed by atoms with Crippen molar-refractivity contribution in [3.8, 4) is 0 Å². The van der Waals surface area contributed by atoms with Gasteiger partial charge >= 0.3 is 0 Å². The average Bonchev–Trinajstić information content (AvgIpc) is 2.70. The van der Waals surface area contributed by atoms with Crippen LogP contribution in [0, 0.1) is 0 Å². The van der Waals surface area contributed by atoms with Crippen molar-refractivity contribution >= 4 is 11.3 Å². The fourth-order valence-corrected chi connectivity index (χ4v) is 2.43. The lowest BCUT2D eigenvalue weighted by Gasteiger charge is -2.04. The van der Waals surface area contributed by atoms with Gasteiger partial charge in [0, 0.05) is 12.5 Å². The van der Waals surface area contributed by atoms with Crippen molar-refractivity contribution in [1.29, 1.82) is 0 Å². The van der Waals surface area contributed by atoms with Gasteiger partial charge < -0.3 is 10.1 Å². The number of nitrogens with one attached hydrogen (secondary N) is 1. The maximum atomic E-state index is 5.03. The minimum Gasteiger partial charge on any atom is -0.378 e. The van der Waals surface area contributed by atoms with Crippen LogP contribution in [0.5, 0.6) is 0 Å². The lowest BCUT2D eigenvalue weighted by atomic mass is 10.2. The summed E-state index contributed by atoms with van der Waals surface area (Å²) in [6.07, 6.45) is 2.48. The summed E-state index contributed by atoms with van der Waals surface area (Å²) < 4.78 is 5.03. The summed E-state index contributed by atoms with van der Waals surface area (Å²) in [4.78, 5) is 4.51. The van der Waals surface area contributed by atoms with Crippen molar-refractivity contribution in [3.63, 3.8) is 0 Å². The third-order valence-corrected chi connectivity index (χ3v) is 3.10. The molecular weight excluding hydrogens is 184 g/mol. The molecule has 1 aromatic heterocycles. The Kier molecular flexibility index (Phi) is 2.93. The van der Waals surface area contributed by atoms with E-state index in [1.807, 2.05) is 0 Å². The molecule has 4 heteroatoms. The van der Waals surface area contributed by atoms with Crippen LogP contribution in [-0.4, -0.2) is 18.6 Å². The third-order valence-electron chi connectivity index (χ3n) is 2.25. The van der Waals surface area contributed by atoms with Crippen molar-refractivity contribution in [3.05, 3.63) is 16.1 Å². The summed E-state index contributed by atoms with van der Waals surface area (Å²) in [5.41, 5.74) is 1.19. The molecule has 3 nitrogen and oxygen atoms in total. The van der Waals surface area contributed by atoms with Gasteiger partial charge in [-0.3, -0.25) is 0 Å². The molecule has 2 rings (SSSR count). The van der Waals surface area contributed by atoms with Crippen LogP contribution >= 0.6 is 11.3 Å². The zero-order valence-electron chi connectivity index (χ0n) is 7.75. The van der Waals surface area contributed by atoms with Crippen LogP contribution in [0.15, 0.2) is 5.38 Å². The Morgan fingerprint density at radius 2 is 2.69 bits per heavy atom. The summed E-state index contributed by atoms with van der Waals surface area (Å²) in [6.45, 7) is 1.76. The second-order valence-corrected chi connectivity index (χ2v) is 4.19. The predicted octanol–water partition coefficient (Wildman–Crippen LogP) is 1.71. The summed E-state index contributed by atoms with van der Waals surface area (Å²) in [7, 11) is 1.70. The van der Waals surface area contributed by atoms with Gasteiger partial charge in [0.25, 0.3) is 0 Å². The van der Waals surface area contributed by atoms with E-state index in [0.29, 0.717) is 12.6 Å². The van der Waals surface area contributed by atoms with E-state index in [4.69, 9.17) is 4.74 Å². The Labute approximate surface area is 82.1 Å². The first-order valence-electron chi connectivity index (χ1n) is 4.57. The van der Waals surface area contributed by atoms with E-state index in [0.717, 1.165) is 11.6 Å². The molecule has 2 heterocycles. The van der Waals surface area contributed by atoms with Gasteiger partial charge in [0.15, 0.2) is 0 Å². The first-order chi connectivity index (χ1) is 6.40. The molecule has 0 bridgehead atoms. The fourth-order valence-electron chi connectivity index (χ4n) is 1.61. The van der Waals surface area contributed by atoms with Crippen molar-refractivity contribution in [2.75, 3.05) is 13.7 Å². The normalized spacial score (nSPS) is 22.4. The lowest BCUT2D eigenvalue weighted by Crippen LogP contribution is -2.13. The lowest BCUT2D eigenvalue weighted by molar-refractivity contribution is 0.184. The van der Waals surface area contributed by atoms with Crippen molar-refractivity contribution < 1.29 is 4.74 Å². The van der Waals surface area contributed by atoms with Gasteiger partial charge in [-0.2, -0.15) is 0 Å². The Balaban J connectivity index is 2.03. The summed E-state index contributed by atoms with van der Waals surface area (Å²) in [5, 5.41) is 6.64. The van der Waals surface area contributed by atoms with Gasteiger partial charge in [0.1, 0.15) is 5.01 Å². The molecule has 0 saturated carbocycles. The van der Waals surface area contributed by atoms with Crippen LogP contribution < -0.4 is 5.32 Å². The molecular formula is C9H14N2OS. The first kappa shape index (κ1) is 9.12. The number of aromatic nitrogens is 1. The van der Waals surface area contributed by atoms with E-state index in [2.05, 4.69) is 15.7 Å². The number of hydrogen-bond donors (Lipinski definition) is 1. The zero-order chi connectivity index (χ0) is 9.10. The van der Waals surface area contributed by atoms with Gasteiger partial charge in [-0.25, -0.2) is 4.98 Å². The first-order valence-corrected chi connectivity index (χ1v) is 5.44. The smallest absolute Gasteiger partial charge is 0.119 e. The highest BCUT2D eigenvalue weighted by atomic mass is 32.1. The molecule has 1 N–H and O–H groups in total. The molecule has 72 valence electrons. The molecule has 1 aromatic rings. The molecule has 1 atom stereocenters. The standard InChI is InChI=1S/C9H14N2OS/c1-12-5-9-11-8(6-13-9)7-3-2-4-10-7/h6-7,10H,2-5H2,1H3/t7-/m0/s1. The Bertz CT molecular complexity index is 268. The van der Waals surface area contributed by atoms with E-state index in [1.54, 1.807) is 18.4 Å². The molecule has 0 aliphatic carbocycles. The third kappa shape index (κ3) is 2.07. The van der Waals surface area contributed by atoms with Crippen LogP contribution in [0.2, 0.25) is 0 Å². The molecule has 0 unspecified atom stereocenters. The number of rotatable bonds is 3. The molecule has 1 aliphatic rings. The summed E-state index contributed by atoms with van der Waals surface area (Å²) in [5.74, 6) is 0. The number of thiazole rings is 1. The highest BCUT2D eigenvalue weighted by Gasteiger charge is 2.18. The van der Waals surface area contributed by atoms with E-state index >= 15 is 0 Å². The Morgan fingerprint density at radius 3 is 3.38 bits per heavy atom. The highest BCUT2D eigenvalue weighted by Crippen LogP contribution is 2.24. The number of hydrogen-bond acceptors (Lipinski definition) is 4. The number of methoxy groups -OCH3 is 1. The molecule has 13 heavy (non-hydrogen) atoms. The molecule has 0 aromatic carbocycles. The van der Waals surface area contributed by atoms with E-state index in [9.17, 15) is 0 Å². The monoisotopic (exact) mass is 198 g/mol. The van der Waals surface area contributed by atoms with Crippen LogP contribution in [0.3, 0.4) is 0 Å². The largest absolute Gasteiger partial charge is 0.378 e. The zero-order valence-corrected chi connectivity index (χ0v) is 8.56. The SMILES string of the molecule is COCc1nc([C@@H]2CCCN2)cs1. The van der Waals surface area contributed by atoms with Gasteiger partial charge in [-0.05, 0) is 19.4 Å². The predicted molar refractivity (Wildman–Crippen MR) is 52.8 cm³/mol. The maximum absolute atomic E-state index is 5.03. The second-order valence-electron chi connectivity index (χ2n) is 3.25. The topological polar surface area (TPSA) is 34.1 Å². The molecule has 1 aliphatic heterocycles. The van der Waals surface area contributed by atoms with Crippen LogP contribution in [0.25, 0.3) is 0 Å². The van der Waals surface area contributed by atoms with Crippen molar-refractivity contribution in [2.45, 2.75) is 25.5 Å². The molecule has 1 fully saturated rings. The molecule has 1 saturated heterocycles. The molecule has 0 amide bonds. The molecule has 0 radical (unpaired) electrons. The summed E-state index contributed by atoms with van der Waals surface area (Å²) >= 11 is 1.68. The van der Waals surface area contributed by atoms with Gasteiger partial charge in [0.2, 0.25) is 0 Å². The van der Waals surface area contributed by atoms with Gasteiger partial charge in [0.05, 0.1) is 18.3 Å². The van der Waals surface area contributed by atoms with E-state index in [1.165, 1.54) is 18.5 Å². The maximum Gasteiger partial charge on any atom is 0.119 e. The summed E-state index contributed by atoms with van der Waals surface area (Å²) in [6, 6.07) is 0.488. The number of ether oxygens (including phenoxy) is 1. The fraction of sp³-hybridized carbons (Fsp3) is 0.667. The van der Waals surface area contributed by atoms with E-state index < -0.39 is 0 Å². The van der Waals surface area contributed by atoms with Crippen molar-refractivity contribution in [1.82, 2.24) is 10.3 Å². The van der Waals surface area contributed by atoms with Gasteiger partial charge in [-0.15, -0.1) is 11.3 Å². The highest BCUT2D eigenvalue weighted by molar-refractivity contribution is 7.09. The molecule has 0 spiro atoms. The van der Waals surface area contributed by atoms with Gasteiger partial charge in [-0.1, -0.05) is 0 Å². The average molecular weight is 198 g/mol.